The summed E-state index contributed by atoms with van der Waals surface area (Å²) < 4.78 is 0. The molecule has 12 heavy (non-hydrogen) atoms. The molecule has 0 radical (unpaired) electrons. The van der Waals surface area contributed by atoms with Gasteiger partial charge in [-0.15, -0.1) is 0 Å². The normalized spacial score (nSPS) is 31.2. The van der Waals surface area contributed by atoms with Crippen LogP contribution >= 0.6 is 0 Å². The number of carbonyl (C=O) groups is 2. The highest BCUT2D eigenvalue weighted by molar-refractivity contribution is 5.81. The van der Waals surface area contributed by atoms with Crippen molar-refractivity contribution in [2.75, 3.05) is 0 Å². The van der Waals surface area contributed by atoms with Crippen molar-refractivity contribution in [1.29, 1.82) is 0 Å². The van der Waals surface area contributed by atoms with E-state index in [2.05, 4.69) is 0 Å². The zero-order chi connectivity index (χ0) is 9.52. The molecule has 1 saturated carbocycles. The molecule has 0 spiro atoms. The second kappa shape index (κ2) is 2.57. The van der Waals surface area contributed by atoms with E-state index in [9.17, 15) is 9.59 Å². The number of carboxylic acids is 1. The Kier molecular flexibility index (Phi) is 1.98. The molecule has 1 rings (SSSR count). The van der Waals surface area contributed by atoms with E-state index >= 15 is 0 Å². The van der Waals surface area contributed by atoms with Gasteiger partial charge in [0.05, 0.1) is 5.92 Å². The summed E-state index contributed by atoms with van der Waals surface area (Å²) in [6.07, 6.45) is 0.407. The Hall–Kier alpha value is -0.860. The van der Waals surface area contributed by atoms with Gasteiger partial charge in [-0.25, -0.2) is 0 Å². The van der Waals surface area contributed by atoms with Gasteiger partial charge in [0, 0.05) is 6.42 Å². The summed E-state index contributed by atoms with van der Waals surface area (Å²) >= 11 is 0. The molecule has 0 aliphatic heterocycles. The average molecular weight is 170 g/mol. The molecule has 3 nitrogen and oxygen atoms in total. The van der Waals surface area contributed by atoms with E-state index in [1.54, 1.807) is 0 Å². The molecule has 1 unspecified atom stereocenters. The maximum Gasteiger partial charge on any atom is 0.307 e. The van der Waals surface area contributed by atoms with Crippen LogP contribution in [0, 0.1) is 17.3 Å². The van der Waals surface area contributed by atoms with E-state index in [1.165, 1.54) is 6.92 Å². The van der Waals surface area contributed by atoms with E-state index in [0.29, 0.717) is 6.42 Å². The highest BCUT2D eigenvalue weighted by Gasteiger charge is 2.61. The van der Waals surface area contributed by atoms with Crippen LogP contribution in [-0.4, -0.2) is 16.9 Å². The van der Waals surface area contributed by atoms with Gasteiger partial charge in [0.1, 0.15) is 5.78 Å². The fraction of sp³-hybridized carbons (Fsp3) is 0.778. The summed E-state index contributed by atoms with van der Waals surface area (Å²) in [4.78, 5) is 21.4. The lowest BCUT2D eigenvalue weighted by molar-refractivity contribution is -0.139. The molecule has 0 aromatic carbocycles. The highest BCUT2D eigenvalue weighted by Crippen LogP contribution is 2.59. The van der Waals surface area contributed by atoms with Gasteiger partial charge in [-0.2, -0.15) is 0 Å². The lowest BCUT2D eigenvalue weighted by Gasteiger charge is -1.97. The predicted molar refractivity (Wildman–Crippen MR) is 43.7 cm³/mol. The molecule has 2 atom stereocenters. The Morgan fingerprint density at radius 1 is 1.42 bits per heavy atom. The van der Waals surface area contributed by atoms with Crippen LogP contribution in [0.2, 0.25) is 0 Å². The second-order valence-corrected chi connectivity index (χ2v) is 4.15. The van der Waals surface area contributed by atoms with Crippen LogP contribution in [0.25, 0.3) is 0 Å². The number of ketones is 1. The van der Waals surface area contributed by atoms with Crippen molar-refractivity contribution in [3.05, 3.63) is 0 Å². The van der Waals surface area contributed by atoms with E-state index in [1.807, 2.05) is 13.8 Å². The molecule has 1 N–H and O–H groups in total. The zero-order valence-electron chi connectivity index (χ0n) is 7.63. The Bertz CT molecular complexity index is 230. The van der Waals surface area contributed by atoms with Gasteiger partial charge in [-0.05, 0) is 18.3 Å². The van der Waals surface area contributed by atoms with Crippen molar-refractivity contribution in [2.45, 2.75) is 27.2 Å². The summed E-state index contributed by atoms with van der Waals surface area (Å²) in [5.74, 6) is -0.961. The Balaban J connectivity index is 2.60. The fourth-order valence-electron chi connectivity index (χ4n) is 1.93. The monoisotopic (exact) mass is 170 g/mol. The summed E-state index contributed by atoms with van der Waals surface area (Å²) in [6, 6.07) is 0. The summed E-state index contributed by atoms with van der Waals surface area (Å²) in [5.41, 5.74) is -0.183. The summed E-state index contributed by atoms with van der Waals surface area (Å²) in [5, 5.41) is 8.76. The third-order valence-corrected chi connectivity index (χ3v) is 2.82. The lowest BCUT2D eigenvalue weighted by Crippen LogP contribution is -2.03. The molecule has 1 aliphatic rings. The minimum absolute atomic E-state index is 0.0486. The maximum absolute atomic E-state index is 10.8. The fourth-order valence-corrected chi connectivity index (χ4v) is 1.93. The zero-order valence-corrected chi connectivity index (χ0v) is 7.63. The quantitative estimate of drug-likeness (QED) is 0.695. The number of Topliss-reactive ketones (excluding diaryl/α,β-unsaturated/α-hetero) is 1. The van der Waals surface area contributed by atoms with Crippen molar-refractivity contribution in [1.82, 2.24) is 0 Å². The van der Waals surface area contributed by atoms with Gasteiger partial charge in [0.25, 0.3) is 0 Å². The molecule has 0 bridgehead atoms. The van der Waals surface area contributed by atoms with Crippen LogP contribution in [0.15, 0.2) is 0 Å². The van der Waals surface area contributed by atoms with Crippen molar-refractivity contribution >= 4 is 11.8 Å². The summed E-state index contributed by atoms with van der Waals surface area (Å²) in [6.45, 7) is 5.31. The number of rotatable bonds is 3. The van der Waals surface area contributed by atoms with Crippen LogP contribution < -0.4 is 0 Å². The van der Waals surface area contributed by atoms with Crippen molar-refractivity contribution in [2.24, 2.45) is 17.3 Å². The molecule has 1 fully saturated rings. The van der Waals surface area contributed by atoms with Crippen LogP contribution in [0.1, 0.15) is 27.2 Å². The number of hydrogen-bond acceptors (Lipinski definition) is 2. The van der Waals surface area contributed by atoms with Crippen molar-refractivity contribution < 1.29 is 14.7 Å². The summed E-state index contributed by atoms with van der Waals surface area (Å²) in [7, 11) is 0. The molecule has 0 heterocycles. The van der Waals surface area contributed by atoms with Gasteiger partial charge in [-0.3, -0.25) is 4.79 Å². The lowest BCUT2D eigenvalue weighted by atomic mass is 10.1. The Labute approximate surface area is 71.8 Å². The molecule has 0 aromatic rings. The molecule has 3 heteroatoms. The molecule has 1 aliphatic carbocycles. The smallest absolute Gasteiger partial charge is 0.307 e. The van der Waals surface area contributed by atoms with Crippen LogP contribution in [0.3, 0.4) is 0 Å². The minimum atomic E-state index is -0.772. The van der Waals surface area contributed by atoms with Crippen LogP contribution in [-0.2, 0) is 9.59 Å². The van der Waals surface area contributed by atoms with Crippen LogP contribution in [0.4, 0.5) is 0 Å². The molecular weight excluding hydrogens is 156 g/mol. The highest BCUT2D eigenvalue weighted by atomic mass is 16.4. The third-order valence-electron chi connectivity index (χ3n) is 2.82. The Morgan fingerprint density at radius 3 is 2.17 bits per heavy atom. The number of aliphatic carboxylic acids is 1. The SMILES string of the molecule is CC(=O)CC1[C@@H](C(=O)O)C1(C)C. The molecule has 68 valence electrons. The van der Waals surface area contributed by atoms with Gasteiger partial charge in [0.15, 0.2) is 0 Å². The van der Waals surface area contributed by atoms with Gasteiger partial charge >= 0.3 is 5.97 Å². The third kappa shape index (κ3) is 1.36. The standard InChI is InChI=1S/C9H14O3/c1-5(10)4-6-7(8(11)12)9(6,2)3/h6-7H,4H2,1-3H3,(H,11,12)/t6?,7-/m0/s1. The molecule has 0 aromatic heterocycles. The first-order chi connectivity index (χ1) is 5.37. The number of carbonyl (C=O) groups excluding carboxylic acids is 1. The minimum Gasteiger partial charge on any atom is -0.481 e. The average Bonchev–Trinajstić information content (AvgIpc) is 2.32. The first-order valence-corrected chi connectivity index (χ1v) is 4.09. The largest absolute Gasteiger partial charge is 0.481 e. The second-order valence-electron chi connectivity index (χ2n) is 4.15. The topological polar surface area (TPSA) is 54.4 Å². The molecule has 0 amide bonds. The van der Waals surface area contributed by atoms with Crippen molar-refractivity contribution in [3.63, 3.8) is 0 Å². The Morgan fingerprint density at radius 2 is 1.92 bits per heavy atom. The number of carboxylic acid groups (broad SMARTS) is 1. The predicted octanol–water partition coefficient (Wildman–Crippen LogP) is 1.32. The maximum atomic E-state index is 10.8. The van der Waals surface area contributed by atoms with E-state index in [4.69, 9.17) is 5.11 Å². The number of hydrogen-bond donors (Lipinski definition) is 1. The molecule has 0 saturated heterocycles. The van der Waals surface area contributed by atoms with Crippen LogP contribution in [0.5, 0.6) is 0 Å². The van der Waals surface area contributed by atoms with E-state index in [-0.39, 0.29) is 23.0 Å². The van der Waals surface area contributed by atoms with E-state index in [0.717, 1.165) is 0 Å². The van der Waals surface area contributed by atoms with Gasteiger partial charge in [0.2, 0.25) is 0 Å². The van der Waals surface area contributed by atoms with Gasteiger partial charge < -0.3 is 9.90 Å². The first kappa shape index (κ1) is 9.23. The van der Waals surface area contributed by atoms with E-state index < -0.39 is 5.97 Å². The van der Waals surface area contributed by atoms with Crippen molar-refractivity contribution in [3.8, 4) is 0 Å². The first-order valence-electron chi connectivity index (χ1n) is 4.09. The van der Waals surface area contributed by atoms with Gasteiger partial charge in [-0.1, -0.05) is 13.8 Å². The molecular formula is C9H14O3.